The summed E-state index contributed by atoms with van der Waals surface area (Å²) < 4.78 is 26.5. The SMILES string of the molecule is CC(C)CCCC(C)NCC(O)c1cc(F)ccc1F. The number of hydrogen-bond acceptors (Lipinski definition) is 2. The Hall–Kier alpha value is -1.00. The van der Waals surface area contributed by atoms with Gasteiger partial charge in [-0.3, -0.25) is 0 Å². The molecule has 0 saturated carbocycles. The van der Waals surface area contributed by atoms with E-state index in [1.165, 1.54) is 6.42 Å². The minimum absolute atomic E-state index is 0.00637. The predicted octanol–water partition coefficient (Wildman–Crippen LogP) is 3.80. The number of aliphatic hydroxyl groups excluding tert-OH is 1. The van der Waals surface area contributed by atoms with Gasteiger partial charge in [0, 0.05) is 18.2 Å². The fraction of sp³-hybridized carbons (Fsp3) is 0.625. The third-order valence-corrected chi connectivity index (χ3v) is 3.40. The van der Waals surface area contributed by atoms with Crippen LogP contribution in [0.15, 0.2) is 18.2 Å². The minimum atomic E-state index is -1.03. The van der Waals surface area contributed by atoms with Crippen molar-refractivity contribution in [3.8, 4) is 0 Å². The first-order valence-corrected chi connectivity index (χ1v) is 7.26. The van der Waals surface area contributed by atoms with Crippen molar-refractivity contribution in [1.29, 1.82) is 0 Å². The zero-order valence-electron chi connectivity index (χ0n) is 12.5. The number of benzene rings is 1. The average Bonchev–Trinajstić information content (AvgIpc) is 2.38. The molecular formula is C16H25F2NO. The van der Waals surface area contributed by atoms with Crippen LogP contribution >= 0.6 is 0 Å². The molecule has 2 unspecified atom stereocenters. The maximum absolute atomic E-state index is 13.5. The Morgan fingerprint density at radius 1 is 1.15 bits per heavy atom. The van der Waals surface area contributed by atoms with Crippen LogP contribution in [0, 0.1) is 17.6 Å². The van der Waals surface area contributed by atoms with Crippen LogP contribution in [0.25, 0.3) is 0 Å². The van der Waals surface area contributed by atoms with Crippen molar-refractivity contribution in [2.75, 3.05) is 6.54 Å². The Kier molecular flexibility index (Phi) is 7.10. The van der Waals surface area contributed by atoms with Gasteiger partial charge in [-0.25, -0.2) is 8.78 Å². The Morgan fingerprint density at radius 3 is 2.50 bits per heavy atom. The molecular weight excluding hydrogens is 260 g/mol. The number of aliphatic hydroxyl groups is 1. The fourth-order valence-corrected chi connectivity index (χ4v) is 2.13. The van der Waals surface area contributed by atoms with Gasteiger partial charge in [-0.2, -0.15) is 0 Å². The first-order valence-electron chi connectivity index (χ1n) is 7.26. The molecule has 0 aromatic heterocycles. The molecule has 1 rings (SSSR count). The van der Waals surface area contributed by atoms with Crippen LogP contribution in [-0.2, 0) is 0 Å². The van der Waals surface area contributed by atoms with E-state index in [1.807, 2.05) is 6.92 Å². The standard InChI is InChI=1S/C16H25F2NO/c1-11(2)5-4-6-12(3)19-10-16(20)14-9-13(17)7-8-15(14)18/h7-9,11-12,16,19-20H,4-6,10H2,1-3H3. The van der Waals surface area contributed by atoms with E-state index < -0.39 is 17.7 Å². The van der Waals surface area contributed by atoms with Crippen LogP contribution in [0.4, 0.5) is 8.78 Å². The first kappa shape index (κ1) is 17.1. The quantitative estimate of drug-likeness (QED) is 0.761. The average molecular weight is 285 g/mol. The monoisotopic (exact) mass is 285 g/mol. The molecule has 0 heterocycles. The van der Waals surface area contributed by atoms with Gasteiger partial charge in [-0.15, -0.1) is 0 Å². The summed E-state index contributed by atoms with van der Waals surface area (Å²) in [5.74, 6) is -0.423. The zero-order chi connectivity index (χ0) is 15.1. The predicted molar refractivity (Wildman–Crippen MR) is 77.5 cm³/mol. The molecule has 0 spiro atoms. The van der Waals surface area contributed by atoms with E-state index in [0.717, 1.165) is 31.0 Å². The lowest BCUT2D eigenvalue weighted by Crippen LogP contribution is -2.30. The second-order valence-corrected chi connectivity index (χ2v) is 5.82. The molecule has 0 radical (unpaired) electrons. The second kappa shape index (κ2) is 8.32. The molecule has 0 saturated heterocycles. The van der Waals surface area contributed by atoms with Crippen molar-refractivity contribution in [2.24, 2.45) is 5.92 Å². The summed E-state index contributed by atoms with van der Waals surface area (Å²) in [5.41, 5.74) is 0.00637. The Morgan fingerprint density at radius 2 is 1.85 bits per heavy atom. The highest BCUT2D eigenvalue weighted by Gasteiger charge is 2.14. The molecule has 0 fully saturated rings. The van der Waals surface area contributed by atoms with E-state index in [0.29, 0.717) is 5.92 Å². The molecule has 2 N–H and O–H groups in total. The van der Waals surface area contributed by atoms with Crippen LogP contribution in [0.3, 0.4) is 0 Å². The smallest absolute Gasteiger partial charge is 0.129 e. The molecule has 0 bridgehead atoms. The highest BCUT2D eigenvalue weighted by Crippen LogP contribution is 2.18. The third-order valence-electron chi connectivity index (χ3n) is 3.40. The molecule has 0 aliphatic heterocycles. The molecule has 0 aliphatic rings. The van der Waals surface area contributed by atoms with Crippen molar-refractivity contribution in [3.05, 3.63) is 35.4 Å². The van der Waals surface area contributed by atoms with Gasteiger partial charge in [-0.1, -0.05) is 26.7 Å². The Labute approximate surface area is 120 Å². The van der Waals surface area contributed by atoms with Gasteiger partial charge >= 0.3 is 0 Å². The van der Waals surface area contributed by atoms with E-state index in [9.17, 15) is 13.9 Å². The summed E-state index contributed by atoms with van der Waals surface area (Å²) >= 11 is 0. The molecule has 1 aromatic carbocycles. The summed E-state index contributed by atoms with van der Waals surface area (Å²) in [5, 5.41) is 13.1. The number of hydrogen-bond donors (Lipinski definition) is 2. The fourth-order valence-electron chi connectivity index (χ4n) is 2.13. The normalized spacial score (nSPS) is 14.6. The molecule has 20 heavy (non-hydrogen) atoms. The first-order chi connectivity index (χ1) is 9.40. The van der Waals surface area contributed by atoms with Gasteiger partial charge in [0.1, 0.15) is 11.6 Å². The summed E-state index contributed by atoms with van der Waals surface area (Å²) in [6, 6.07) is 3.39. The van der Waals surface area contributed by atoms with Crippen LogP contribution in [0.5, 0.6) is 0 Å². The van der Waals surface area contributed by atoms with E-state index in [1.54, 1.807) is 0 Å². The summed E-state index contributed by atoms with van der Waals surface area (Å²) in [6.07, 6.45) is 2.28. The molecule has 4 heteroatoms. The third kappa shape index (κ3) is 5.97. The molecule has 1 aromatic rings. The summed E-state index contributed by atoms with van der Waals surface area (Å²) in [7, 11) is 0. The van der Waals surface area contributed by atoms with Crippen LogP contribution in [0.1, 0.15) is 51.7 Å². The molecule has 0 amide bonds. The Balaban J connectivity index is 2.38. The van der Waals surface area contributed by atoms with Gasteiger partial charge in [0.15, 0.2) is 0 Å². The van der Waals surface area contributed by atoms with Crippen LogP contribution < -0.4 is 5.32 Å². The van der Waals surface area contributed by atoms with Gasteiger partial charge in [0.2, 0.25) is 0 Å². The van der Waals surface area contributed by atoms with E-state index in [4.69, 9.17) is 0 Å². The highest BCUT2D eigenvalue weighted by molar-refractivity contribution is 5.21. The van der Waals surface area contributed by atoms with Crippen LogP contribution in [0.2, 0.25) is 0 Å². The minimum Gasteiger partial charge on any atom is -0.387 e. The maximum atomic E-state index is 13.5. The summed E-state index contributed by atoms with van der Waals surface area (Å²) in [4.78, 5) is 0. The van der Waals surface area contributed by atoms with Crippen molar-refractivity contribution < 1.29 is 13.9 Å². The lowest BCUT2D eigenvalue weighted by atomic mass is 10.0. The second-order valence-electron chi connectivity index (χ2n) is 5.82. The molecule has 2 nitrogen and oxygen atoms in total. The number of halogens is 2. The maximum Gasteiger partial charge on any atom is 0.129 e. The van der Waals surface area contributed by atoms with Crippen molar-refractivity contribution >= 4 is 0 Å². The highest BCUT2D eigenvalue weighted by atomic mass is 19.1. The number of rotatable bonds is 8. The number of nitrogens with one attached hydrogen (secondary N) is 1. The van der Waals surface area contributed by atoms with Gasteiger partial charge in [0.05, 0.1) is 6.10 Å². The Bertz CT molecular complexity index is 409. The lowest BCUT2D eigenvalue weighted by Gasteiger charge is -2.18. The van der Waals surface area contributed by atoms with E-state index in [2.05, 4.69) is 19.2 Å². The molecule has 2 atom stereocenters. The lowest BCUT2D eigenvalue weighted by molar-refractivity contribution is 0.164. The van der Waals surface area contributed by atoms with E-state index >= 15 is 0 Å². The largest absolute Gasteiger partial charge is 0.387 e. The summed E-state index contributed by atoms with van der Waals surface area (Å²) in [6.45, 7) is 6.64. The van der Waals surface area contributed by atoms with Crippen LogP contribution in [-0.4, -0.2) is 17.7 Å². The van der Waals surface area contributed by atoms with Crippen molar-refractivity contribution in [1.82, 2.24) is 5.32 Å². The zero-order valence-corrected chi connectivity index (χ0v) is 12.5. The van der Waals surface area contributed by atoms with Crippen molar-refractivity contribution in [3.63, 3.8) is 0 Å². The van der Waals surface area contributed by atoms with Gasteiger partial charge in [0.25, 0.3) is 0 Å². The molecule has 114 valence electrons. The topological polar surface area (TPSA) is 32.3 Å². The van der Waals surface area contributed by atoms with Gasteiger partial charge < -0.3 is 10.4 Å². The van der Waals surface area contributed by atoms with E-state index in [-0.39, 0.29) is 18.2 Å². The molecule has 0 aliphatic carbocycles. The van der Waals surface area contributed by atoms with Gasteiger partial charge in [-0.05, 0) is 37.5 Å². The van der Waals surface area contributed by atoms with Crippen molar-refractivity contribution in [2.45, 2.75) is 52.2 Å².